The van der Waals surface area contributed by atoms with Crippen LogP contribution in [0.1, 0.15) is 27.0 Å². The smallest absolute Gasteiger partial charge is 0.193 e. The van der Waals surface area contributed by atoms with E-state index < -0.39 is 0 Å². The number of carbonyl (C=O) groups is 1. The van der Waals surface area contributed by atoms with Crippen LogP contribution in [0.25, 0.3) is 0 Å². The van der Waals surface area contributed by atoms with Gasteiger partial charge in [-0.3, -0.25) is 4.79 Å². The van der Waals surface area contributed by atoms with Gasteiger partial charge in [-0.05, 0) is 61.4 Å². The van der Waals surface area contributed by atoms with Gasteiger partial charge in [0.15, 0.2) is 5.78 Å². The summed E-state index contributed by atoms with van der Waals surface area (Å²) < 4.78 is 0.977. The van der Waals surface area contributed by atoms with E-state index in [1.54, 1.807) is 12.1 Å². The van der Waals surface area contributed by atoms with Gasteiger partial charge in [0.05, 0.1) is 0 Å². The van der Waals surface area contributed by atoms with Crippen LogP contribution >= 0.6 is 15.9 Å². The van der Waals surface area contributed by atoms with Gasteiger partial charge in [0, 0.05) is 21.3 Å². The third kappa shape index (κ3) is 2.46. The predicted octanol–water partition coefficient (Wildman–Crippen LogP) is 3.88. The molecular weight excluding hydrogens is 290 g/mol. The quantitative estimate of drug-likeness (QED) is 0.676. The number of ketones is 1. The topological polar surface area (TPSA) is 43.1 Å². The minimum Gasteiger partial charge on any atom is -0.399 e. The third-order valence-corrected chi connectivity index (χ3v) is 3.46. The molecule has 3 heteroatoms. The number of carbonyl (C=O) groups excluding carboxylic acids is 1. The van der Waals surface area contributed by atoms with Crippen molar-refractivity contribution in [3.8, 4) is 0 Å². The Morgan fingerprint density at radius 2 is 1.78 bits per heavy atom. The lowest BCUT2D eigenvalue weighted by molar-refractivity contribution is 0.103. The summed E-state index contributed by atoms with van der Waals surface area (Å²) >= 11 is 3.39. The molecule has 0 saturated heterocycles. The van der Waals surface area contributed by atoms with Crippen molar-refractivity contribution >= 4 is 27.4 Å². The van der Waals surface area contributed by atoms with Crippen LogP contribution in [0, 0.1) is 13.8 Å². The first-order valence-electron chi connectivity index (χ1n) is 5.66. The normalized spacial score (nSPS) is 10.4. The summed E-state index contributed by atoms with van der Waals surface area (Å²) in [5, 5.41) is 0. The van der Waals surface area contributed by atoms with E-state index in [9.17, 15) is 4.79 Å². The van der Waals surface area contributed by atoms with Crippen LogP contribution in [0.3, 0.4) is 0 Å². The minimum atomic E-state index is 0.0306. The second kappa shape index (κ2) is 4.94. The summed E-state index contributed by atoms with van der Waals surface area (Å²) in [6, 6.07) is 11.0. The van der Waals surface area contributed by atoms with Gasteiger partial charge in [-0.15, -0.1) is 0 Å². The first-order chi connectivity index (χ1) is 8.49. The Morgan fingerprint density at radius 3 is 2.39 bits per heavy atom. The Hall–Kier alpha value is -1.61. The van der Waals surface area contributed by atoms with Crippen molar-refractivity contribution in [1.29, 1.82) is 0 Å². The Bertz CT molecular complexity index is 620. The van der Waals surface area contributed by atoms with Gasteiger partial charge in [0.2, 0.25) is 0 Å². The van der Waals surface area contributed by atoms with Crippen LogP contribution in [0.4, 0.5) is 5.69 Å². The number of benzene rings is 2. The number of hydrogen-bond acceptors (Lipinski definition) is 2. The van der Waals surface area contributed by atoms with Gasteiger partial charge in [-0.25, -0.2) is 0 Å². The summed E-state index contributed by atoms with van der Waals surface area (Å²) in [4.78, 5) is 12.4. The van der Waals surface area contributed by atoms with E-state index in [2.05, 4.69) is 15.9 Å². The fourth-order valence-corrected chi connectivity index (χ4v) is 2.33. The highest BCUT2D eigenvalue weighted by Gasteiger charge is 2.12. The minimum absolute atomic E-state index is 0.0306. The van der Waals surface area contributed by atoms with Crippen molar-refractivity contribution < 1.29 is 4.79 Å². The number of aryl methyl sites for hydroxylation is 2. The van der Waals surface area contributed by atoms with Gasteiger partial charge < -0.3 is 5.73 Å². The molecule has 0 spiro atoms. The van der Waals surface area contributed by atoms with Gasteiger partial charge in [-0.2, -0.15) is 0 Å². The Morgan fingerprint density at radius 1 is 1.06 bits per heavy atom. The molecule has 92 valence electrons. The summed E-state index contributed by atoms with van der Waals surface area (Å²) in [6.45, 7) is 3.84. The van der Waals surface area contributed by atoms with E-state index >= 15 is 0 Å². The van der Waals surface area contributed by atoms with Crippen LogP contribution in [0.15, 0.2) is 40.9 Å². The Kier molecular flexibility index (Phi) is 3.53. The van der Waals surface area contributed by atoms with E-state index in [1.165, 1.54) is 0 Å². The van der Waals surface area contributed by atoms with Crippen molar-refractivity contribution in [3.63, 3.8) is 0 Å². The van der Waals surface area contributed by atoms with E-state index in [4.69, 9.17) is 5.73 Å². The van der Waals surface area contributed by atoms with Crippen LogP contribution in [0.2, 0.25) is 0 Å². The zero-order valence-electron chi connectivity index (χ0n) is 10.3. The van der Waals surface area contributed by atoms with Crippen LogP contribution in [0.5, 0.6) is 0 Å². The van der Waals surface area contributed by atoms with Gasteiger partial charge >= 0.3 is 0 Å². The average molecular weight is 304 g/mol. The first kappa shape index (κ1) is 12.8. The van der Waals surface area contributed by atoms with Crippen molar-refractivity contribution in [3.05, 3.63) is 63.1 Å². The number of nitrogens with two attached hydrogens (primary N) is 1. The molecule has 0 aliphatic heterocycles. The molecular formula is C15H14BrNO. The fraction of sp³-hybridized carbons (Fsp3) is 0.133. The maximum Gasteiger partial charge on any atom is 0.193 e. The second-order valence-electron chi connectivity index (χ2n) is 4.36. The SMILES string of the molecule is Cc1cc(C(=O)c2ccc(Br)cc2C)ccc1N. The molecule has 0 radical (unpaired) electrons. The molecule has 2 N–H and O–H groups in total. The molecule has 2 aromatic rings. The number of hydrogen-bond donors (Lipinski definition) is 1. The molecule has 18 heavy (non-hydrogen) atoms. The third-order valence-electron chi connectivity index (χ3n) is 2.97. The van der Waals surface area contributed by atoms with E-state index in [-0.39, 0.29) is 5.78 Å². The zero-order valence-corrected chi connectivity index (χ0v) is 11.9. The zero-order chi connectivity index (χ0) is 13.3. The van der Waals surface area contributed by atoms with E-state index in [0.29, 0.717) is 11.3 Å². The van der Waals surface area contributed by atoms with Crippen LogP contribution < -0.4 is 5.73 Å². The first-order valence-corrected chi connectivity index (χ1v) is 6.45. The summed E-state index contributed by atoms with van der Waals surface area (Å²) in [7, 11) is 0. The molecule has 0 amide bonds. The number of rotatable bonds is 2. The molecule has 0 unspecified atom stereocenters. The van der Waals surface area contributed by atoms with Gasteiger partial charge in [0.25, 0.3) is 0 Å². The van der Waals surface area contributed by atoms with Gasteiger partial charge in [0.1, 0.15) is 0 Å². The molecule has 0 aliphatic rings. The second-order valence-corrected chi connectivity index (χ2v) is 5.28. The van der Waals surface area contributed by atoms with E-state index in [1.807, 2.05) is 38.1 Å². The Labute approximate surface area is 115 Å². The fourth-order valence-electron chi connectivity index (χ4n) is 1.85. The molecule has 2 nitrogen and oxygen atoms in total. The summed E-state index contributed by atoms with van der Waals surface area (Å²) in [5.41, 5.74) is 9.75. The van der Waals surface area contributed by atoms with Crippen LogP contribution in [-0.2, 0) is 0 Å². The molecule has 0 saturated carbocycles. The largest absolute Gasteiger partial charge is 0.399 e. The van der Waals surface area contributed by atoms with Crippen molar-refractivity contribution in [2.45, 2.75) is 13.8 Å². The van der Waals surface area contributed by atoms with Crippen molar-refractivity contribution in [2.24, 2.45) is 0 Å². The summed E-state index contributed by atoms with van der Waals surface area (Å²) in [6.07, 6.45) is 0. The standard InChI is InChI=1S/C15H14BrNO/c1-9-8-12(16)4-5-13(9)15(18)11-3-6-14(17)10(2)7-11/h3-8H,17H2,1-2H3. The molecule has 2 rings (SSSR count). The van der Waals surface area contributed by atoms with Gasteiger partial charge in [-0.1, -0.05) is 15.9 Å². The monoisotopic (exact) mass is 303 g/mol. The molecule has 2 aromatic carbocycles. The summed E-state index contributed by atoms with van der Waals surface area (Å²) in [5.74, 6) is 0.0306. The van der Waals surface area contributed by atoms with Crippen molar-refractivity contribution in [1.82, 2.24) is 0 Å². The maximum atomic E-state index is 12.4. The maximum absolute atomic E-state index is 12.4. The van der Waals surface area contributed by atoms with Crippen LogP contribution in [-0.4, -0.2) is 5.78 Å². The highest BCUT2D eigenvalue weighted by molar-refractivity contribution is 9.10. The molecule has 0 bridgehead atoms. The molecule has 0 aromatic heterocycles. The lowest BCUT2D eigenvalue weighted by atomic mass is 9.98. The molecule has 0 atom stereocenters. The lowest BCUT2D eigenvalue weighted by Crippen LogP contribution is -2.04. The predicted molar refractivity (Wildman–Crippen MR) is 77.9 cm³/mol. The lowest BCUT2D eigenvalue weighted by Gasteiger charge is -2.07. The average Bonchev–Trinajstić information content (AvgIpc) is 2.32. The highest BCUT2D eigenvalue weighted by atomic mass is 79.9. The molecule has 0 heterocycles. The molecule has 0 aliphatic carbocycles. The molecule has 0 fully saturated rings. The Balaban J connectivity index is 2.44. The van der Waals surface area contributed by atoms with Crippen molar-refractivity contribution in [2.75, 3.05) is 5.73 Å². The van der Waals surface area contributed by atoms with E-state index in [0.717, 1.165) is 21.2 Å². The number of nitrogen functional groups attached to an aromatic ring is 1. The number of anilines is 1. The highest BCUT2D eigenvalue weighted by Crippen LogP contribution is 2.21. The number of halogens is 1.